The summed E-state index contributed by atoms with van der Waals surface area (Å²) in [6.45, 7) is 4.56. The molecule has 0 bridgehead atoms. The summed E-state index contributed by atoms with van der Waals surface area (Å²) in [5.74, 6) is -0.596. The lowest BCUT2D eigenvalue weighted by atomic mass is 10.1. The SMILES string of the molecule is CCOC(=O)/C=C1\CC(=O)C(Cl)=C1N1CCOCC1. The molecule has 1 fully saturated rings. The van der Waals surface area contributed by atoms with Crippen molar-refractivity contribution in [1.29, 1.82) is 0 Å². The molecular weight excluding hydrogens is 270 g/mol. The van der Waals surface area contributed by atoms with Crippen molar-refractivity contribution in [3.63, 3.8) is 0 Å². The van der Waals surface area contributed by atoms with Gasteiger partial charge in [0, 0.05) is 25.6 Å². The van der Waals surface area contributed by atoms with Gasteiger partial charge in [-0.15, -0.1) is 0 Å². The summed E-state index contributed by atoms with van der Waals surface area (Å²) in [4.78, 5) is 25.2. The Kier molecular flexibility index (Phi) is 4.61. The first-order valence-corrected chi connectivity index (χ1v) is 6.64. The molecule has 5 nitrogen and oxygen atoms in total. The first kappa shape index (κ1) is 14.1. The van der Waals surface area contributed by atoms with Gasteiger partial charge in [0.25, 0.3) is 0 Å². The summed E-state index contributed by atoms with van der Waals surface area (Å²) >= 11 is 6.07. The molecule has 0 aromatic rings. The lowest BCUT2D eigenvalue weighted by Gasteiger charge is -2.30. The zero-order valence-corrected chi connectivity index (χ0v) is 11.5. The maximum Gasteiger partial charge on any atom is 0.331 e. The van der Waals surface area contributed by atoms with E-state index in [1.165, 1.54) is 6.08 Å². The van der Waals surface area contributed by atoms with Crippen LogP contribution in [0.1, 0.15) is 13.3 Å². The van der Waals surface area contributed by atoms with Crippen LogP contribution in [-0.4, -0.2) is 49.6 Å². The second-order valence-corrected chi connectivity index (χ2v) is 4.66. The number of carbonyl (C=O) groups is 2. The Morgan fingerprint density at radius 3 is 2.79 bits per heavy atom. The van der Waals surface area contributed by atoms with Gasteiger partial charge in [0.1, 0.15) is 5.03 Å². The molecule has 0 saturated carbocycles. The average molecular weight is 286 g/mol. The number of rotatable bonds is 3. The first-order valence-electron chi connectivity index (χ1n) is 6.27. The highest BCUT2D eigenvalue weighted by molar-refractivity contribution is 6.44. The third-order valence-electron chi connectivity index (χ3n) is 3.01. The lowest BCUT2D eigenvalue weighted by Crippen LogP contribution is -2.36. The van der Waals surface area contributed by atoms with Gasteiger partial charge in [0.2, 0.25) is 0 Å². The molecule has 1 aliphatic heterocycles. The summed E-state index contributed by atoms with van der Waals surface area (Å²) in [6.07, 6.45) is 1.52. The minimum absolute atomic E-state index is 0.154. The molecule has 2 rings (SSSR count). The fourth-order valence-corrected chi connectivity index (χ4v) is 2.49. The van der Waals surface area contributed by atoms with Gasteiger partial charge in [-0.25, -0.2) is 4.79 Å². The topological polar surface area (TPSA) is 55.8 Å². The molecule has 6 heteroatoms. The van der Waals surface area contributed by atoms with E-state index in [0.717, 1.165) is 0 Å². The molecule has 0 amide bonds. The van der Waals surface area contributed by atoms with Gasteiger partial charge in [-0.2, -0.15) is 0 Å². The van der Waals surface area contributed by atoms with Crippen LogP contribution in [0.15, 0.2) is 22.4 Å². The molecule has 0 aromatic carbocycles. The number of Topliss-reactive ketones (excluding diaryl/α,β-unsaturated/α-hetero) is 1. The van der Waals surface area contributed by atoms with Crippen molar-refractivity contribution in [1.82, 2.24) is 4.90 Å². The van der Waals surface area contributed by atoms with Crippen molar-refractivity contribution in [3.05, 3.63) is 22.4 Å². The van der Waals surface area contributed by atoms with Gasteiger partial charge >= 0.3 is 5.97 Å². The predicted molar refractivity (Wildman–Crippen MR) is 69.6 cm³/mol. The van der Waals surface area contributed by atoms with E-state index < -0.39 is 5.97 Å². The molecular formula is C13H16ClNO4. The van der Waals surface area contributed by atoms with Crippen LogP contribution in [0.5, 0.6) is 0 Å². The van der Waals surface area contributed by atoms with Crippen molar-refractivity contribution in [2.24, 2.45) is 0 Å². The van der Waals surface area contributed by atoms with E-state index in [2.05, 4.69) is 0 Å². The lowest BCUT2D eigenvalue weighted by molar-refractivity contribution is -0.137. The van der Waals surface area contributed by atoms with E-state index >= 15 is 0 Å². The number of allylic oxidation sites excluding steroid dienone is 2. The number of nitrogens with zero attached hydrogens (tertiary/aromatic N) is 1. The molecule has 1 heterocycles. The molecule has 0 radical (unpaired) electrons. The molecule has 1 saturated heterocycles. The van der Waals surface area contributed by atoms with Crippen LogP contribution in [0.3, 0.4) is 0 Å². The highest BCUT2D eigenvalue weighted by Crippen LogP contribution is 2.34. The van der Waals surface area contributed by atoms with E-state index in [4.69, 9.17) is 21.1 Å². The van der Waals surface area contributed by atoms with Crippen molar-refractivity contribution >= 4 is 23.4 Å². The summed E-state index contributed by atoms with van der Waals surface area (Å²) < 4.78 is 10.1. The number of hydrogen-bond donors (Lipinski definition) is 0. The van der Waals surface area contributed by atoms with Crippen LogP contribution >= 0.6 is 11.6 Å². The van der Waals surface area contributed by atoms with Crippen LogP contribution in [0, 0.1) is 0 Å². The molecule has 0 unspecified atom stereocenters. The minimum Gasteiger partial charge on any atom is -0.463 e. The van der Waals surface area contributed by atoms with Crippen LogP contribution in [-0.2, 0) is 19.1 Å². The predicted octanol–water partition coefficient (Wildman–Crippen LogP) is 1.23. The number of ketones is 1. The molecule has 0 aromatic heterocycles. The highest BCUT2D eigenvalue weighted by Gasteiger charge is 2.31. The molecule has 2 aliphatic rings. The van der Waals surface area contributed by atoms with Gasteiger partial charge in [-0.05, 0) is 12.5 Å². The molecule has 0 N–H and O–H groups in total. The Morgan fingerprint density at radius 2 is 2.16 bits per heavy atom. The van der Waals surface area contributed by atoms with Gasteiger partial charge in [-0.1, -0.05) is 11.6 Å². The number of hydrogen-bond acceptors (Lipinski definition) is 5. The number of carbonyl (C=O) groups excluding carboxylic acids is 2. The van der Waals surface area contributed by atoms with Crippen molar-refractivity contribution < 1.29 is 19.1 Å². The van der Waals surface area contributed by atoms with E-state index in [-0.39, 0.29) is 17.2 Å². The fourth-order valence-electron chi connectivity index (χ4n) is 2.18. The van der Waals surface area contributed by atoms with Crippen LogP contribution < -0.4 is 0 Å². The molecule has 19 heavy (non-hydrogen) atoms. The first-order chi connectivity index (χ1) is 9.13. The highest BCUT2D eigenvalue weighted by atomic mass is 35.5. The maximum absolute atomic E-state index is 11.7. The number of ether oxygens (including phenoxy) is 2. The Labute approximate surface area is 116 Å². The number of halogens is 1. The van der Waals surface area contributed by atoms with Gasteiger partial charge in [0.15, 0.2) is 5.78 Å². The normalized spacial score (nSPS) is 22.3. The molecule has 104 valence electrons. The third-order valence-corrected chi connectivity index (χ3v) is 3.40. The molecule has 0 atom stereocenters. The minimum atomic E-state index is -0.442. The molecule has 0 spiro atoms. The van der Waals surface area contributed by atoms with Crippen LogP contribution in [0.2, 0.25) is 0 Å². The Bertz CT molecular complexity index is 450. The second-order valence-electron chi connectivity index (χ2n) is 4.28. The van der Waals surface area contributed by atoms with E-state index in [1.54, 1.807) is 6.92 Å². The summed E-state index contributed by atoms with van der Waals surface area (Å²) in [7, 11) is 0. The zero-order chi connectivity index (χ0) is 13.8. The van der Waals surface area contributed by atoms with Gasteiger partial charge in [0.05, 0.1) is 25.5 Å². The van der Waals surface area contributed by atoms with Crippen LogP contribution in [0.4, 0.5) is 0 Å². The Hall–Kier alpha value is -1.33. The van der Waals surface area contributed by atoms with E-state index in [0.29, 0.717) is 44.2 Å². The van der Waals surface area contributed by atoms with Gasteiger partial charge < -0.3 is 14.4 Å². The Balaban J connectivity index is 2.24. The van der Waals surface area contributed by atoms with Crippen LogP contribution in [0.25, 0.3) is 0 Å². The second kappa shape index (κ2) is 6.21. The standard InChI is InChI=1S/C13H16ClNO4/c1-2-19-11(17)8-9-7-10(16)12(14)13(9)15-3-5-18-6-4-15/h8H,2-7H2,1H3/b9-8+. The molecule has 1 aliphatic carbocycles. The summed E-state index contributed by atoms with van der Waals surface area (Å²) in [5.41, 5.74) is 1.29. The van der Waals surface area contributed by atoms with Crippen molar-refractivity contribution in [3.8, 4) is 0 Å². The summed E-state index contributed by atoms with van der Waals surface area (Å²) in [6, 6.07) is 0. The zero-order valence-electron chi connectivity index (χ0n) is 10.8. The third kappa shape index (κ3) is 3.16. The largest absolute Gasteiger partial charge is 0.463 e. The average Bonchev–Trinajstić information content (AvgIpc) is 2.66. The van der Waals surface area contributed by atoms with Crippen molar-refractivity contribution in [2.75, 3.05) is 32.9 Å². The quantitative estimate of drug-likeness (QED) is 0.577. The van der Waals surface area contributed by atoms with E-state index in [1.807, 2.05) is 4.90 Å². The maximum atomic E-state index is 11.7. The Morgan fingerprint density at radius 1 is 1.47 bits per heavy atom. The van der Waals surface area contributed by atoms with E-state index in [9.17, 15) is 9.59 Å². The monoisotopic (exact) mass is 285 g/mol. The van der Waals surface area contributed by atoms with Crippen molar-refractivity contribution in [2.45, 2.75) is 13.3 Å². The smallest absolute Gasteiger partial charge is 0.331 e. The number of morpholine rings is 1. The van der Waals surface area contributed by atoms with Gasteiger partial charge in [-0.3, -0.25) is 4.79 Å². The summed E-state index contributed by atoms with van der Waals surface area (Å²) in [5, 5.41) is 0.206. The number of esters is 1. The fraction of sp³-hybridized carbons (Fsp3) is 0.538.